The summed E-state index contributed by atoms with van der Waals surface area (Å²) in [5.74, 6) is 0.744. The Balaban J connectivity index is 2.33. The standard InChI is InChI=1S/C17H22ClN3O2S/c1-10(2)15-21(14(9-19)17(3,4)24-15)16(22)20-12-8-11(18)6-7-13(12)23-5/h6-8,10,14-15H,1-5H3,(H,20,22). The maximum atomic E-state index is 12.9. The Morgan fingerprint density at radius 1 is 1.50 bits per heavy atom. The Hall–Kier alpha value is -1.58. The molecule has 2 rings (SSSR count). The van der Waals surface area contributed by atoms with Crippen LogP contribution >= 0.6 is 23.4 Å². The zero-order valence-corrected chi connectivity index (χ0v) is 16.0. The van der Waals surface area contributed by atoms with Gasteiger partial charge >= 0.3 is 6.03 Å². The highest BCUT2D eigenvalue weighted by atomic mass is 35.5. The molecule has 2 atom stereocenters. The number of thioether (sulfide) groups is 1. The van der Waals surface area contributed by atoms with Crippen molar-refractivity contribution in [3.8, 4) is 11.8 Å². The molecule has 7 heteroatoms. The normalized spacial score (nSPS) is 22.3. The molecule has 1 aliphatic heterocycles. The number of amides is 2. The number of anilines is 1. The van der Waals surface area contributed by atoms with Gasteiger partial charge in [0.1, 0.15) is 11.8 Å². The lowest BCUT2D eigenvalue weighted by Crippen LogP contribution is -2.48. The maximum absolute atomic E-state index is 12.9. The molecule has 0 aromatic heterocycles. The van der Waals surface area contributed by atoms with Crippen LogP contribution in [0.2, 0.25) is 5.02 Å². The molecule has 130 valence electrons. The van der Waals surface area contributed by atoms with E-state index in [-0.39, 0.29) is 22.1 Å². The second-order valence-corrected chi connectivity index (χ2v) is 8.78. The van der Waals surface area contributed by atoms with Crippen LogP contribution in [0.4, 0.5) is 10.5 Å². The molecular formula is C17H22ClN3O2S. The summed E-state index contributed by atoms with van der Waals surface area (Å²) in [5, 5.41) is 12.9. The van der Waals surface area contributed by atoms with Gasteiger partial charge in [-0.15, -0.1) is 11.8 Å². The minimum absolute atomic E-state index is 0.0742. The van der Waals surface area contributed by atoms with Gasteiger partial charge in [-0.3, -0.25) is 4.90 Å². The maximum Gasteiger partial charge on any atom is 0.323 e. The van der Waals surface area contributed by atoms with Gasteiger partial charge in [-0.05, 0) is 38.0 Å². The third-order valence-electron chi connectivity index (χ3n) is 3.97. The van der Waals surface area contributed by atoms with Crippen LogP contribution in [0.25, 0.3) is 0 Å². The molecule has 1 heterocycles. The van der Waals surface area contributed by atoms with Crippen molar-refractivity contribution in [2.45, 2.75) is 43.9 Å². The number of carbonyl (C=O) groups is 1. The third kappa shape index (κ3) is 3.57. The summed E-state index contributed by atoms with van der Waals surface area (Å²) in [6, 6.07) is 6.48. The molecule has 0 radical (unpaired) electrons. The Bertz CT molecular complexity index is 672. The van der Waals surface area contributed by atoms with Crippen LogP contribution in [0.3, 0.4) is 0 Å². The monoisotopic (exact) mass is 367 g/mol. The Kier molecular flexibility index (Phi) is 5.56. The van der Waals surface area contributed by atoms with E-state index in [1.807, 2.05) is 27.7 Å². The second-order valence-electron chi connectivity index (χ2n) is 6.57. The van der Waals surface area contributed by atoms with E-state index in [0.717, 1.165) is 0 Å². The van der Waals surface area contributed by atoms with E-state index in [2.05, 4.69) is 11.4 Å². The minimum Gasteiger partial charge on any atom is -0.495 e. The lowest BCUT2D eigenvalue weighted by molar-refractivity contribution is 0.184. The molecule has 1 aromatic carbocycles. The largest absolute Gasteiger partial charge is 0.495 e. The minimum atomic E-state index is -0.514. The molecule has 0 spiro atoms. The van der Waals surface area contributed by atoms with Crippen LogP contribution in [0.15, 0.2) is 18.2 Å². The number of urea groups is 1. The molecule has 1 fully saturated rings. The first-order valence-electron chi connectivity index (χ1n) is 7.71. The smallest absolute Gasteiger partial charge is 0.323 e. The zero-order chi connectivity index (χ0) is 18.1. The van der Waals surface area contributed by atoms with Crippen LogP contribution in [0.5, 0.6) is 5.75 Å². The molecule has 2 unspecified atom stereocenters. The van der Waals surface area contributed by atoms with Gasteiger partial charge in [0.25, 0.3) is 0 Å². The number of nitriles is 1. The first-order chi connectivity index (χ1) is 11.2. The fourth-order valence-corrected chi connectivity index (χ4v) is 4.47. The number of nitrogens with zero attached hydrogens (tertiary/aromatic N) is 2. The molecule has 2 amide bonds. The average Bonchev–Trinajstić information content (AvgIpc) is 2.78. The SMILES string of the molecule is COc1ccc(Cl)cc1NC(=O)N1C(C(C)C)SC(C)(C)C1C#N. The predicted molar refractivity (Wildman–Crippen MR) is 98.6 cm³/mol. The van der Waals surface area contributed by atoms with E-state index in [9.17, 15) is 10.1 Å². The number of carbonyl (C=O) groups excluding carboxylic acids is 1. The van der Waals surface area contributed by atoms with Crippen molar-refractivity contribution in [2.75, 3.05) is 12.4 Å². The molecule has 5 nitrogen and oxygen atoms in total. The summed E-state index contributed by atoms with van der Waals surface area (Å²) < 4.78 is 4.94. The number of hydrogen-bond donors (Lipinski definition) is 1. The van der Waals surface area contributed by atoms with Gasteiger partial charge in [0, 0.05) is 9.77 Å². The highest BCUT2D eigenvalue weighted by Gasteiger charge is 2.50. The van der Waals surface area contributed by atoms with Crippen molar-refractivity contribution in [1.82, 2.24) is 4.90 Å². The van der Waals surface area contributed by atoms with Gasteiger partial charge in [0.2, 0.25) is 0 Å². The molecule has 1 N–H and O–H groups in total. The molecule has 0 bridgehead atoms. The van der Waals surface area contributed by atoms with Gasteiger partial charge < -0.3 is 10.1 Å². The summed E-state index contributed by atoms with van der Waals surface area (Å²) in [6.45, 7) is 8.09. The van der Waals surface area contributed by atoms with Gasteiger partial charge in [0.05, 0.1) is 24.2 Å². The van der Waals surface area contributed by atoms with Crippen molar-refractivity contribution in [3.63, 3.8) is 0 Å². The Morgan fingerprint density at radius 2 is 2.17 bits per heavy atom. The van der Waals surface area contributed by atoms with Crippen molar-refractivity contribution < 1.29 is 9.53 Å². The predicted octanol–water partition coefficient (Wildman–Crippen LogP) is 4.58. The van der Waals surface area contributed by atoms with Gasteiger partial charge in [-0.1, -0.05) is 25.4 Å². The Morgan fingerprint density at radius 3 is 2.71 bits per heavy atom. The fourth-order valence-electron chi connectivity index (χ4n) is 2.78. The lowest BCUT2D eigenvalue weighted by atomic mass is 10.0. The van der Waals surface area contributed by atoms with Crippen LogP contribution in [-0.4, -0.2) is 34.2 Å². The number of nitrogens with one attached hydrogen (secondary N) is 1. The van der Waals surface area contributed by atoms with Crippen LogP contribution in [-0.2, 0) is 0 Å². The first-order valence-corrected chi connectivity index (χ1v) is 8.97. The quantitative estimate of drug-likeness (QED) is 0.848. The van der Waals surface area contributed by atoms with E-state index in [4.69, 9.17) is 16.3 Å². The van der Waals surface area contributed by atoms with Crippen molar-refractivity contribution >= 4 is 35.1 Å². The Labute approximate surface area is 152 Å². The topological polar surface area (TPSA) is 65.4 Å². The molecular weight excluding hydrogens is 346 g/mol. The van der Waals surface area contributed by atoms with E-state index in [1.54, 1.807) is 34.9 Å². The summed E-state index contributed by atoms with van der Waals surface area (Å²) in [6.07, 6.45) is 0. The molecule has 1 saturated heterocycles. The average molecular weight is 368 g/mol. The summed E-state index contributed by atoms with van der Waals surface area (Å²) in [5.41, 5.74) is 0.490. The molecule has 1 aliphatic rings. The van der Waals surface area contributed by atoms with Crippen molar-refractivity contribution in [1.29, 1.82) is 5.26 Å². The highest BCUT2D eigenvalue weighted by Crippen LogP contribution is 2.47. The summed E-state index contributed by atoms with van der Waals surface area (Å²) >= 11 is 7.67. The highest BCUT2D eigenvalue weighted by molar-refractivity contribution is 8.01. The van der Waals surface area contributed by atoms with E-state index in [1.165, 1.54) is 7.11 Å². The number of ether oxygens (including phenoxy) is 1. The van der Waals surface area contributed by atoms with E-state index in [0.29, 0.717) is 16.5 Å². The number of benzene rings is 1. The second kappa shape index (κ2) is 7.12. The van der Waals surface area contributed by atoms with Crippen molar-refractivity contribution in [2.24, 2.45) is 5.92 Å². The number of hydrogen-bond acceptors (Lipinski definition) is 4. The zero-order valence-electron chi connectivity index (χ0n) is 14.5. The summed E-state index contributed by atoms with van der Waals surface area (Å²) in [7, 11) is 1.53. The molecule has 0 saturated carbocycles. The van der Waals surface area contributed by atoms with Crippen molar-refractivity contribution in [3.05, 3.63) is 23.2 Å². The first kappa shape index (κ1) is 18.8. The lowest BCUT2D eigenvalue weighted by Gasteiger charge is -2.30. The van der Waals surface area contributed by atoms with E-state index >= 15 is 0 Å². The molecule has 0 aliphatic carbocycles. The van der Waals surface area contributed by atoms with Crippen LogP contribution in [0, 0.1) is 17.2 Å². The summed E-state index contributed by atoms with van der Waals surface area (Å²) in [4.78, 5) is 14.6. The van der Waals surface area contributed by atoms with Gasteiger partial charge in [0.15, 0.2) is 0 Å². The third-order valence-corrected chi connectivity index (χ3v) is 6.04. The number of methoxy groups -OCH3 is 1. The van der Waals surface area contributed by atoms with E-state index < -0.39 is 6.04 Å². The molecule has 24 heavy (non-hydrogen) atoms. The number of halogens is 1. The number of rotatable bonds is 3. The van der Waals surface area contributed by atoms with Gasteiger partial charge in [-0.2, -0.15) is 5.26 Å². The molecule has 1 aromatic rings. The van der Waals surface area contributed by atoms with Crippen LogP contribution < -0.4 is 10.1 Å². The van der Waals surface area contributed by atoms with Crippen LogP contribution in [0.1, 0.15) is 27.7 Å². The van der Waals surface area contributed by atoms with Gasteiger partial charge in [-0.25, -0.2) is 4.79 Å². The fraction of sp³-hybridized carbons (Fsp3) is 0.529.